The topological polar surface area (TPSA) is 60.4 Å². The summed E-state index contributed by atoms with van der Waals surface area (Å²) in [6, 6.07) is 15.4. The first-order valence-corrected chi connectivity index (χ1v) is 10.2. The highest BCUT2D eigenvalue weighted by Gasteiger charge is 2.16. The minimum absolute atomic E-state index is 0.000865. The SMILES string of the molecule is O=C(C=Cc1cccs1)c1ccc(OS(=O)(=O)c2ccc(Cl)cc2)cc1. The van der Waals surface area contributed by atoms with Crippen molar-refractivity contribution in [3.05, 3.63) is 87.6 Å². The number of carbonyl (C=O) groups is 1. The largest absolute Gasteiger partial charge is 0.379 e. The van der Waals surface area contributed by atoms with Crippen molar-refractivity contribution in [2.75, 3.05) is 0 Å². The Morgan fingerprint density at radius 1 is 1.00 bits per heavy atom. The number of allylic oxidation sites excluding steroid dienone is 1. The standard InChI is InChI=1S/C19H13ClO4S2/c20-15-5-10-18(11-6-15)26(22,23)24-16-7-3-14(4-8-16)19(21)12-9-17-2-1-13-25-17/h1-13H. The van der Waals surface area contributed by atoms with E-state index in [1.807, 2.05) is 17.5 Å². The van der Waals surface area contributed by atoms with Crippen LogP contribution in [0.2, 0.25) is 5.02 Å². The van der Waals surface area contributed by atoms with Gasteiger partial charge >= 0.3 is 10.1 Å². The second-order valence-corrected chi connectivity index (χ2v) is 8.19. The third-order valence-corrected chi connectivity index (χ3v) is 5.74. The van der Waals surface area contributed by atoms with Crippen molar-refractivity contribution in [2.45, 2.75) is 4.90 Å². The van der Waals surface area contributed by atoms with Crippen molar-refractivity contribution in [3.8, 4) is 5.75 Å². The average molecular weight is 405 g/mol. The Morgan fingerprint density at radius 2 is 1.69 bits per heavy atom. The van der Waals surface area contributed by atoms with Crippen LogP contribution in [0.1, 0.15) is 15.2 Å². The number of hydrogen-bond acceptors (Lipinski definition) is 5. The fourth-order valence-electron chi connectivity index (χ4n) is 2.09. The van der Waals surface area contributed by atoms with Gasteiger partial charge in [0.05, 0.1) is 0 Å². The van der Waals surface area contributed by atoms with Crippen molar-refractivity contribution in [1.29, 1.82) is 0 Å². The molecule has 0 saturated carbocycles. The van der Waals surface area contributed by atoms with Crippen molar-refractivity contribution in [2.24, 2.45) is 0 Å². The van der Waals surface area contributed by atoms with Crippen LogP contribution in [0.25, 0.3) is 6.08 Å². The molecule has 26 heavy (non-hydrogen) atoms. The molecule has 3 aromatic rings. The first-order valence-electron chi connectivity index (χ1n) is 7.50. The zero-order valence-electron chi connectivity index (χ0n) is 13.3. The lowest BCUT2D eigenvalue weighted by Crippen LogP contribution is -2.09. The molecule has 0 bridgehead atoms. The van der Waals surface area contributed by atoms with Crippen molar-refractivity contribution in [3.63, 3.8) is 0 Å². The van der Waals surface area contributed by atoms with Crippen LogP contribution in [0.5, 0.6) is 5.75 Å². The zero-order chi connectivity index (χ0) is 18.6. The highest BCUT2D eigenvalue weighted by atomic mass is 35.5. The molecule has 0 fully saturated rings. The van der Waals surface area contributed by atoms with Crippen molar-refractivity contribution in [1.82, 2.24) is 0 Å². The molecule has 0 aliphatic rings. The smallest absolute Gasteiger partial charge is 0.339 e. The predicted molar refractivity (Wildman–Crippen MR) is 103 cm³/mol. The molecule has 0 atom stereocenters. The number of thiophene rings is 1. The van der Waals surface area contributed by atoms with Gasteiger partial charge in [-0.1, -0.05) is 17.7 Å². The summed E-state index contributed by atoms with van der Waals surface area (Å²) in [5, 5.41) is 2.36. The molecule has 7 heteroatoms. The molecule has 0 aliphatic heterocycles. The highest BCUT2D eigenvalue weighted by Crippen LogP contribution is 2.21. The van der Waals surface area contributed by atoms with Crippen LogP contribution in [-0.4, -0.2) is 14.2 Å². The molecule has 1 aromatic heterocycles. The van der Waals surface area contributed by atoms with Gasteiger partial charge < -0.3 is 4.18 Å². The Labute approximate surface area is 160 Å². The lowest BCUT2D eigenvalue weighted by atomic mass is 10.1. The third kappa shape index (κ3) is 4.60. The van der Waals surface area contributed by atoms with Gasteiger partial charge in [-0.2, -0.15) is 8.42 Å². The van der Waals surface area contributed by atoms with Gasteiger partial charge in [0.25, 0.3) is 0 Å². The van der Waals surface area contributed by atoms with Crippen LogP contribution >= 0.6 is 22.9 Å². The van der Waals surface area contributed by atoms with Crippen LogP contribution in [0.3, 0.4) is 0 Å². The summed E-state index contributed by atoms with van der Waals surface area (Å²) >= 11 is 7.29. The monoisotopic (exact) mass is 404 g/mol. The Hall–Kier alpha value is -2.41. The van der Waals surface area contributed by atoms with E-state index in [4.69, 9.17) is 15.8 Å². The van der Waals surface area contributed by atoms with E-state index in [1.165, 1.54) is 65.9 Å². The molecule has 0 N–H and O–H groups in total. The Kier molecular flexibility index (Phi) is 5.56. The van der Waals surface area contributed by atoms with E-state index in [0.717, 1.165) is 4.88 Å². The van der Waals surface area contributed by atoms with Gasteiger partial charge in [0.15, 0.2) is 5.78 Å². The predicted octanol–water partition coefficient (Wildman–Crippen LogP) is 5.07. The number of ketones is 1. The molecule has 2 aromatic carbocycles. The van der Waals surface area contributed by atoms with Gasteiger partial charge in [-0.05, 0) is 72.1 Å². The highest BCUT2D eigenvalue weighted by molar-refractivity contribution is 7.87. The number of benzene rings is 2. The maximum atomic E-state index is 12.2. The average Bonchev–Trinajstić information content (AvgIpc) is 3.14. The van der Waals surface area contributed by atoms with Crippen LogP contribution in [0.4, 0.5) is 0 Å². The normalized spacial score (nSPS) is 11.6. The van der Waals surface area contributed by atoms with Gasteiger partial charge in [0.1, 0.15) is 10.6 Å². The third-order valence-electron chi connectivity index (χ3n) is 3.39. The van der Waals surface area contributed by atoms with E-state index >= 15 is 0 Å². The molecule has 1 heterocycles. The molecule has 0 amide bonds. The van der Waals surface area contributed by atoms with E-state index < -0.39 is 10.1 Å². The Balaban J connectivity index is 1.71. The van der Waals surface area contributed by atoms with E-state index in [-0.39, 0.29) is 16.4 Å². The van der Waals surface area contributed by atoms with Crippen molar-refractivity contribution < 1.29 is 17.4 Å². The van der Waals surface area contributed by atoms with E-state index in [0.29, 0.717) is 10.6 Å². The van der Waals surface area contributed by atoms with Gasteiger partial charge in [0, 0.05) is 15.5 Å². The lowest BCUT2D eigenvalue weighted by molar-refractivity contribution is 0.104. The summed E-state index contributed by atoms with van der Waals surface area (Å²) in [6.45, 7) is 0. The maximum absolute atomic E-state index is 12.2. The van der Waals surface area contributed by atoms with Crippen LogP contribution < -0.4 is 4.18 Å². The number of hydrogen-bond donors (Lipinski definition) is 0. The molecule has 4 nitrogen and oxygen atoms in total. The van der Waals surface area contributed by atoms with Gasteiger partial charge in [-0.15, -0.1) is 11.3 Å². The first-order chi connectivity index (χ1) is 12.4. The molecular formula is C19H13ClO4S2. The number of rotatable bonds is 6. The van der Waals surface area contributed by atoms with Crippen molar-refractivity contribution >= 4 is 44.9 Å². The Morgan fingerprint density at radius 3 is 2.31 bits per heavy atom. The Bertz CT molecular complexity index is 1020. The molecule has 0 spiro atoms. The zero-order valence-corrected chi connectivity index (χ0v) is 15.7. The van der Waals surface area contributed by atoms with E-state index in [1.54, 1.807) is 6.08 Å². The molecular weight excluding hydrogens is 392 g/mol. The summed E-state index contributed by atoms with van der Waals surface area (Å²) < 4.78 is 29.5. The molecule has 0 saturated heterocycles. The minimum atomic E-state index is -3.96. The number of halogens is 1. The van der Waals surface area contributed by atoms with Crippen LogP contribution in [0.15, 0.2) is 77.0 Å². The maximum Gasteiger partial charge on any atom is 0.339 e. The molecule has 0 unspecified atom stereocenters. The lowest BCUT2D eigenvalue weighted by Gasteiger charge is -2.07. The second-order valence-electron chi connectivity index (χ2n) is 5.23. The van der Waals surface area contributed by atoms with Gasteiger partial charge in [-0.25, -0.2) is 0 Å². The minimum Gasteiger partial charge on any atom is -0.379 e. The van der Waals surface area contributed by atoms with Crippen LogP contribution in [-0.2, 0) is 10.1 Å². The fraction of sp³-hybridized carbons (Fsp3) is 0. The molecule has 0 radical (unpaired) electrons. The molecule has 3 rings (SSSR count). The van der Waals surface area contributed by atoms with Crippen LogP contribution in [0, 0.1) is 0 Å². The molecule has 0 aliphatic carbocycles. The van der Waals surface area contributed by atoms with E-state index in [2.05, 4.69) is 0 Å². The quantitative estimate of drug-likeness (QED) is 0.327. The van der Waals surface area contributed by atoms with Gasteiger partial charge in [0.2, 0.25) is 0 Å². The summed E-state index contributed by atoms with van der Waals surface area (Å²) in [5.41, 5.74) is 0.439. The van der Waals surface area contributed by atoms with E-state index in [9.17, 15) is 13.2 Å². The number of carbonyl (C=O) groups excluding carboxylic acids is 1. The summed E-state index contributed by atoms with van der Waals surface area (Å²) in [5.74, 6) is -0.0516. The summed E-state index contributed by atoms with van der Waals surface area (Å²) in [6.07, 6.45) is 3.22. The molecule has 132 valence electrons. The second kappa shape index (κ2) is 7.86. The summed E-state index contributed by atoms with van der Waals surface area (Å²) in [7, 11) is -3.96. The fourth-order valence-corrected chi connectivity index (χ4v) is 3.77. The van der Waals surface area contributed by atoms with Gasteiger partial charge in [-0.3, -0.25) is 4.79 Å². The summed E-state index contributed by atoms with van der Waals surface area (Å²) in [4.78, 5) is 13.1. The first kappa shape index (κ1) is 18.4.